The van der Waals surface area contributed by atoms with Crippen LogP contribution in [0.3, 0.4) is 0 Å². The molecule has 0 aromatic carbocycles. The molecule has 2 aliphatic heterocycles. The van der Waals surface area contributed by atoms with Crippen LogP contribution in [0.25, 0.3) is 0 Å². The number of urea groups is 1. The molecular formula is C15H24ClN5O4. The Labute approximate surface area is 152 Å². The molecule has 2 fully saturated rings. The van der Waals surface area contributed by atoms with Crippen LogP contribution in [0, 0.1) is 6.92 Å². The van der Waals surface area contributed by atoms with Gasteiger partial charge in [0.1, 0.15) is 16.9 Å². The van der Waals surface area contributed by atoms with Crippen LogP contribution in [0.15, 0.2) is 4.63 Å². The fourth-order valence-corrected chi connectivity index (χ4v) is 3.47. The number of amides is 3. The molecule has 9 nitrogen and oxygen atoms in total. The van der Waals surface area contributed by atoms with Gasteiger partial charge in [-0.1, -0.05) is 10.3 Å². The normalized spacial score (nSPS) is 19.6. The second-order valence-electron chi connectivity index (χ2n) is 6.25. The van der Waals surface area contributed by atoms with E-state index < -0.39 is 5.54 Å². The van der Waals surface area contributed by atoms with Gasteiger partial charge < -0.3 is 15.0 Å². The van der Waals surface area contributed by atoms with E-state index in [-0.39, 0.29) is 30.9 Å². The highest BCUT2D eigenvalue weighted by molar-refractivity contribution is 6.07. The van der Waals surface area contributed by atoms with E-state index in [9.17, 15) is 9.59 Å². The van der Waals surface area contributed by atoms with E-state index >= 15 is 0 Å². The molecule has 0 bridgehead atoms. The van der Waals surface area contributed by atoms with Gasteiger partial charge in [0.2, 0.25) is 0 Å². The van der Waals surface area contributed by atoms with Crippen molar-refractivity contribution in [2.45, 2.75) is 38.3 Å². The van der Waals surface area contributed by atoms with Crippen LogP contribution in [0.5, 0.6) is 0 Å². The Morgan fingerprint density at radius 3 is 2.60 bits per heavy atom. The summed E-state index contributed by atoms with van der Waals surface area (Å²) in [7, 11) is 1.63. The van der Waals surface area contributed by atoms with Crippen LogP contribution in [0.4, 0.5) is 4.79 Å². The lowest BCUT2D eigenvalue weighted by Crippen LogP contribution is -2.56. The van der Waals surface area contributed by atoms with Crippen LogP contribution in [-0.4, -0.2) is 70.9 Å². The van der Waals surface area contributed by atoms with Crippen molar-refractivity contribution >= 4 is 24.3 Å². The smallest absolute Gasteiger partial charge is 0.328 e. The average Bonchev–Trinajstić information content (AvgIpc) is 3.07. The molecule has 0 saturated carbocycles. The van der Waals surface area contributed by atoms with Gasteiger partial charge in [0.15, 0.2) is 0 Å². The van der Waals surface area contributed by atoms with Crippen molar-refractivity contribution in [2.75, 3.05) is 33.4 Å². The third-order valence-electron chi connectivity index (χ3n) is 4.84. The van der Waals surface area contributed by atoms with E-state index in [2.05, 4.69) is 20.3 Å². The molecule has 25 heavy (non-hydrogen) atoms. The second kappa shape index (κ2) is 8.11. The summed E-state index contributed by atoms with van der Waals surface area (Å²) in [6.07, 6.45) is 1.94. The first-order valence-corrected chi connectivity index (χ1v) is 8.21. The van der Waals surface area contributed by atoms with Gasteiger partial charge in [0, 0.05) is 20.3 Å². The van der Waals surface area contributed by atoms with Gasteiger partial charge in [0.05, 0.1) is 6.54 Å². The molecule has 10 heteroatoms. The Hall–Kier alpha value is -1.71. The van der Waals surface area contributed by atoms with Gasteiger partial charge in [-0.25, -0.2) is 9.42 Å². The standard InChI is InChI=1S/C15H23N5O4.ClH/c1-11-12(18-24-17-11)10-19-13(21)15(4-6-16-7-5-15)20(14(19)22)8-3-9-23-2;/h16H,3-10H2,1-2H3;1H. The minimum atomic E-state index is -0.749. The average molecular weight is 374 g/mol. The molecule has 0 unspecified atom stereocenters. The Morgan fingerprint density at radius 1 is 1.28 bits per heavy atom. The number of carbonyl (C=O) groups excluding carboxylic acids is 2. The maximum atomic E-state index is 13.1. The first-order chi connectivity index (χ1) is 11.6. The fraction of sp³-hybridized carbons (Fsp3) is 0.733. The molecule has 2 saturated heterocycles. The summed E-state index contributed by atoms with van der Waals surface area (Å²) in [4.78, 5) is 29.0. The number of aromatic nitrogens is 2. The molecule has 0 aliphatic carbocycles. The molecule has 0 atom stereocenters. The number of methoxy groups -OCH3 is 1. The van der Waals surface area contributed by atoms with E-state index in [0.29, 0.717) is 43.8 Å². The molecule has 3 heterocycles. The molecule has 3 rings (SSSR count). The second-order valence-corrected chi connectivity index (χ2v) is 6.25. The van der Waals surface area contributed by atoms with Crippen LogP contribution in [0.2, 0.25) is 0 Å². The number of nitrogens with zero attached hydrogens (tertiary/aromatic N) is 4. The molecule has 1 aromatic rings. The van der Waals surface area contributed by atoms with Gasteiger partial charge in [-0.2, -0.15) is 0 Å². The first-order valence-electron chi connectivity index (χ1n) is 8.21. The van der Waals surface area contributed by atoms with E-state index in [4.69, 9.17) is 4.74 Å². The number of piperidine rings is 1. The maximum Gasteiger partial charge on any atom is 0.328 e. The Kier molecular flexibility index (Phi) is 6.36. The maximum absolute atomic E-state index is 13.1. The summed E-state index contributed by atoms with van der Waals surface area (Å²) in [6.45, 7) is 4.34. The van der Waals surface area contributed by atoms with Crippen molar-refractivity contribution in [1.82, 2.24) is 25.4 Å². The summed E-state index contributed by atoms with van der Waals surface area (Å²) in [5, 5.41) is 10.8. The Morgan fingerprint density at radius 2 is 2.00 bits per heavy atom. The van der Waals surface area contributed by atoms with Gasteiger partial charge >= 0.3 is 6.03 Å². The number of halogens is 1. The van der Waals surface area contributed by atoms with Crippen LogP contribution in [-0.2, 0) is 16.1 Å². The van der Waals surface area contributed by atoms with Gasteiger partial charge in [-0.05, 0) is 39.3 Å². The Balaban J connectivity index is 0.00000225. The number of ether oxygens (including phenoxy) is 1. The van der Waals surface area contributed by atoms with Crippen LogP contribution >= 0.6 is 12.4 Å². The molecule has 0 radical (unpaired) electrons. The lowest BCUT2D eigenvalue weighted by atomic mass is 9.86. The summed E-state index contributed by atoms with van der Waals surface area (Å²) >= 11 is 0. The molecule has 140 valence electrons. The minimum Gasteiger partial charge on any atom is -0.385 e. The predicted octanol–water partition coefficient (Wildman–Crippen LogP) is 0.723. The summed E-state index contributed by atoms with van der Waals surface area (Å²) in [5.41, 5.74) is 0.355. The zero-order valence-corrected chi connectivity index (χ0v) is 15.3. The number of hydrogen-bond acceptors (Lipinski definition) is 7. The monoisotopic (exact) mass is 373 g/mol. The number of carbonyl (C=O) groups is 2. The van der Waals surface area contributed by atoms with Crippen molar-refractivity contribution < 1.29 is 19.0 Å². The first kappa shape index (κ1) is 19.6. The molecule has 3 amide bonds. The van der Waals surface area contributed by atoms with Crippen molar-refractivity contribution in [1.29, 1.82) is 0 Å². The van der Waals surface area contributed by atoms with E-state index in [0.717, 1.165) is 13.1 Å². The predicted molar refractivity (Wildman–Crippen MR) is 90.3 cm³/mol. The van der Waals surface area contributed by atoms with Gasteiger partial charge in [-0.3, -0.25) is 9.69 Å². The van der Waals surface area contributed by atoms with E-state index in [1.54, 1.807) is 18.9 Å². The van der Waals surface area contributed by atoms with Crippen LogP contribution < -0.4 is 5.32 Å². The SMILES string of the molecule is COCCCN1C(=O)N(Cc2nonc2C)C(=O)C12CCNCC2.Cl. The number of nitrogens with one attached hydrogen (secondary N) is 1. The summed E-state index contributed by atoms with van der Waals surface area (Å²) in [5.74, 6) is -0.145. The number of hydrogen-bond donors (Lipinski definition) is 1. The summed E-state index contributed by atoms with van der Waals surface area (Å²) in [6, 6.07) is -0.264. The highest BCUT2D eigenvalue weighted by atomic mass is 35.5. The molecule has 1 spiro atoms. The van der Waals surface area contributed by atoms with Crippen molar-refractivity contribution in [3.05, 3.63) is 11.4 Å². The number of rotatable bonds is 6. The van der Waals surface area contributed by atoms with Crippen molar-refractivity contribution in [3.63, 3.8) is 0 Å². The zero-order chi connectivity index (χ0) is 17.2. The topological polar surface area (TPSA) is 101 Å². The Bertz CT molecular complexity index is 617. The van der Waals surface area contributed by atoms with E-state index in [1.165, 1.54) is 4.90 Å². The quantitative estimate of drug-likeness (QED) is 0.579. The molecule has 1 aromatic heterocycles. The van der Waals surface area contributed by atoms with Crippen molar-refractivity contribution in [3.8, 4) is 0 Å². The summed E-state index contributed by atoms with van der Waals surface area (Å²) < 4.78 is 9.77. The molecule has 2 aliphatic rings. The minimum absolute atomic E-state index is 0. The largest absolute Gasteiger partial charge is 0.385 e. The van der Waals surface area contributed by atoms with Crippen molar-refractivity contribution in [2.24, 2.45) is 0 Å². The highest BCUT2D eigenvalue weighted by Gasteiger charge is 2.57. The van der Waals surface area contributed by atoms with E-state index in [1.807, 2.05) is 0 Å². The number of aryl methyl sites for hydroxylation is 1. The molecule has 1 N–H and O–H groups in total. The van der Waals surface area contributed by atoms with Gasteiger partial charge in [0.25, 0.3) is 5.91 Å². The lowest BCUT2D eigenvalue weighted by molar-refractivity contribution is -0.135. The highest BCUT2D eigenvalue weighted by Crippen LogP contribution is 2.36. The van der Waals surface area contributed by atoms with Crippen LogP contribution in [0.1, 0.15) is 30.7 Å². The number of imide groups is 1. The van der Waals surface area contributed by atoms with Gasteiger partial charge in [-0.15, -0.1) is 12.4 Å². The lowest BCUT2D eigenvalue weighted by Gasteiger charge is -2.38. The third-order valence-corrected chi connectivity index (χ3v) is 4.84. The zero-order valence-electron chi connectivity index (χ0n) is 14.5. The fourth-order valence-electron chi connectivity index (χ4n) is 3.47. The molecular weight excluding hydrogens is 350 g/mol. The third kappa shape index (κ3) is 3.49.